The van der Waals surface area contributed by atoms with Crippen molar-refractivity contribution in [1.29, 1.82) is 0 Å². The van der Waals surface area contributed by atoms with E-state index in [4.69, 9.17) is 9.47 Å². The van der Waals surface area contributed by atoms with E-state index in [1.54, 1.807) is 0 Å². The molecule has 1 atom stereocenters. The van der Waals surface area contributed by atoms with Crippen LogP contribution in [0, 0.1) is 0 Å². The molecule has 0 aromatic heterocycles. The SMILES string of the molecule is CCNCC(C)(CC)OCCOCC. The summed E-state index contributed by atoms with van der Waals surface area (Å²) < 4.78 is 11.0. The van der Waals surface area contributed by atoms with Crippen LogP contribution in [-0.2, 0) is 9.47 Å². The maximum Gasteiger partial charge on any atom is 0.0776 e. The minimum Gasteiger partial charge on any atom is -0.379 e. The molecule has 3 nitrogen and oxygen atoms in total. The Bertz CT molecular complexity index is 130. The Hall–Kier alpha value is -0.120. The van der Waals surface area contributed by atoms with E-state index < -0.39 is 0 Å². The first-order chi connectivity index (χ1) is 6.68. The van der Waals surface area contributed by atoms with Crippen LogP contribution in [0.25, 0.3) is 0 Å². The first kappa shape index (κ1) is 13.9. The van der Waals surface area contributed by atoms with E-state index in [0.717, 1.165) is 26.1 Å². The smallest absolute Gasteiger partial charge is 0.0776 e. The maximum absolute atomic E-state index is 5.80. The predicted octanol–water partition coefficient (Wildman–Crippen LogP) is 1.82. The topological polar surface area (TPSA) is 30.5 Å². The van der Waals surface area contributed by atoms with Crippen molar-refractivity contribution in [2.24, 2.45) is 0 Å². The summed E-state index contributed by atoms with van der Waals surface area (Å²) in [7, 11) is 0. The van der Waals surface area contributed by atoms with Gasteiger partial charge in [-0.15, -0.1) is 0 Å². The van der Waals surface area contributed by atoms with E-state index in [2.05, 4.69) is 26.1 Å². The van der Waals surface area contributed by atoms with Crippen LogP contribution in [0.2, 0.25) is 0 Å². The third-order valence-electron chi connectivity index (χ3n) is 2.38. The second kappa shape index (κ2) is 8.21. The molecular formula is C11H25NO2. The summed E-state index contributed by atoms with van der Waals surface area (Å²) in [4.78, 5) is 0. The van der Waals surface area contributed by atoms with E-state index in [9.17, 15) is 0 Å². The van der Waals surface area contributed by atoms with Gasteiger partial charge in [-0.1, -0.05) is 13.8 Å². The van der Waals surface area contributed by atoms with Gasteiger partial charge in [0.05, 0.1) is 18.8 Å². The molecule has 0 aromatic carbocycles. The fraction of sp³-hybridized carbons (Fsp3) is 1.00. The number of likely N-dealkylation sites (N-methyl/N-ethyl adjacent to an activating group) is 1. The van der Waals surface area contributed by atoms with Gasteiger partial charge in [0.15, 0.2) is 0 Å². The van der Waals surface area contributed by atoms with Crippen molar-refractivity contribution >= 4 is 0 Å². The van der Waals surface area contributed by atoms with Crippen LogP contribution in [0.1, 0.15) is 34.1 Å². The van der Waals surface area contributed by atoms with Gasteiger partial charge in [-0.05, 0) is 26.8 Å². The molecule has 0 aliphatic rings. The second-order valence-corrected chi connectivity index (χ2v) is 3.63. The molecule has 0 saturated heterocycles. The van der Waals surface area contributed by atoms with E-state index in [1.807, 2.05) is 6.92 Å². The molecule has 0 bridgehead atoms. The van der Waals surface area contributed by atoms with Crippen molar-refractivity contribution < 1.29 is 9.47 Å². The van der Waals surface area contributed by atoms with Crippen molar-refractivity contribution in [1.82, 2.24) is 5.32 Å². The summed E-state index contributed by atoms with van der Waals surface area (Å²) in [6.45, 7) is 12.4. The molecule has 0 radical (unpaired) electrons. The predicted molar refractivity (Wildman–Crippen MR) is 59.7 cm³/mol. The first-order valence-electron chi connectivity index (χ1n) is 5.61. The molecule has 86 valence electrons. The zero-order valence-electron chi connectivity index (χ0n) is 10.1. The summed E-state index contributed by atoms with van der Waals surface area (Å²) in [5, 5.41) is 3.31. The Morgan fingerprint density at radius 2 is 1.86 bits per heavy atom. The van der Waals surface area contributed by atoms with Gasteiger partial charge in [0.1, 0.15) is 0 Å². The molecule has 0 heterocycles. The van der Waals surface area contributed by atoms with E-state index >= 15 is 0 Å². The Morgan fingerprint density at radius 1 is 1.14 bits per heavy atom. The van der Waals surface area contributed by atoms with Crippen LogP contribution in [0.3, 0.4) is 0 Å². The molecule has 14 heavy (non-hydrogen) atoms. The van der Waals surface area contributed by atoms with Crippen LogP contribution in [0.4, 0.5) is 0 Å². The zero-order chi connectivity index (χ0) is 10.9. The average molecular weight is 203 g/mol. The highest BCUT2D eigenvalue weighted by Gasteiger charge is 2.21. The molecule has 0 aromatic rings. The van der Waals surface area contributed by atoms with Crippen molar-refractivity contribution in [2.45, 2.75) is 39.7 Å². The number of rotatable bonds is 9. The van der Waals surface area contributed by atoms with Gasteiger partial charge in [-0.3, -0.25) is 0 Å². The molecule has 0 amide bonds. The number of nitrogens with one attached hydrogen (secondary N) is 1. The third-order valence-corrected chi connectivity index (χ3v) is 2.38. The third kappa shape index (κ3) is 6.35. The lowest BCUT2D eigenvalue weighted by Gasteiger charge is -2.28. The fourth-order valence-electron chi connectivity index (χ4n) is 1.16. The Morgan fingerprint density at radius 3 is 2.36 bits per heavy atom. The fourth-order valence-corrected chi connectivity index (χ4v) is 1.16. The summed E-state index contributed by atoms with van der Waals surface area (Å²) in [5.41, 5.74) is -0.0485. The van der Waals surface area contributed by atoms with E-state index in [1.165, 1.54) is 0 Å². The van der Waals surface area contributed by atoms with Gasteiger partial charge in [-0.2, -0.15) is 0 Å². The molecule has 0 saturated carbocycles. The standard InChI is InChI=1S/C11H25NO2/c1-5-11(4,10-12-6-2)14-9-8-13-7-3/h12H,5-10H2,1-4H3. The minimum absolute atomic E-state index is 0.0485. The lowest BCUT2D eigenvalue weighted by atomic mass is 10.0. The zero-order valence-corrected chi connectivity index (χ0v) is 10.1. The van der Waals surface area contributed by atoms with Gasteiger partial charge in [0, 0.05) is 13.2 Å². The van der Waals surface area contributed by atoms with Gasteiger partial charge in [0.25, 0.3) is 0 Å². The lowest BCUT2D eigenvalue weighted by molar-refractivity contribution is -0.0561. The number of ether oxygens (including phenoxy) is 2. The number of hydrogen-bond donors (Lipinski definition) is 1. The average Bonchev–Trinajstić information content (AvgIpc) is 2.22. The molecule has 0 rings (SSSR count). The molecule has 1 unspecified atom stereocenters. The van der Waals surface area contributed by atoms with Crippen LogP contribution in [-0.4, -0.2) is 38.5 Å². The highest BCUT2D eigenvalue weighted by molar-refractivity contribution is 4.75. The van der Waals surface area contributed by atoms with E-state index in [-0.39, 0.29) is 5.60 Å². The quantitative estimate of drug-likeness (QED) is 0.580. The Balaban J connectivity index is 3.63. The summed E-state index contributed by atoms with van der Waals surface area (Å²) in [6, 6.07) is 0. The molecule has 0 aliphatic carbocycles. The van der Waals surface area contributed by atoms with Gasteiger partial charge < -0.3 is 14.8 Å². The minimum atomic E-state index is -0.0485. The highest BCUT2D eigenvalue weighted by Crippen LogP contribution is 2.13. The largest absolute Gasteiger partial charge is 0.379 e. The molecule has 0 spiro atoms. The second-order valence-electron chi connectivity index (χ2n) is 3.63. The monoisotopic (exact) mass is 203 g/mol. The maximum atomic E-state index is 5.80. The lowest BCUT2D eigenvalue weighted by Crippen LogP contribution is -2.40. The van der Waals surface area contributed by atoms with Crippen molar-refractivity contribution in [3.8, 4) is 0 Å². The Kier molecular flexibility index (Phi) is 8.14. The summed E-state index contributed by atoms with van der Waals surface area (Å²) in [5.74, 6) is 0. The van der Waals surface area contributed by atoms with Crippen molar-refractivity contribution in [2.75, 3.05) is 32.9 Å². The van der Waals surface area contributed by atoms with Gasteiger partial charge in [0.2, 0.25) is 0 Å². The van der Waals surface area contributed by atoms with Crippen LogP contribution >= 0.6 is 0 Å². The molecule has 3 heteroatoms. The molecular weight excluding hydrogens is 178 g/mol. The number of hydrogen-bond acceptors (Lipinski definition) is 3. The van der Waals surface area contributed by atoms with Crippen LogP contribution in [0.5, 0.6) is 0 Å². The molecule has 1 N–H and O–H groups in total. The van der Waals surface area contributed by atoms with Crippen molar-refractivity contribution in [3.63, 3.8) is 0 Å². The van der Waals surface area contributed by atoms with Gasteiger partial charge in [-0.25, -0.2) is 0 Å². The van der Waals surface area contributed by atoms with Crippen LogP contribution in [0.15, 0.2) is 0 Å². The highest BCUT2D eigenvalue weighted by atomic mass is 16.5. The van der Waals surface area contributed by atoms with E-state index in [0.29, 0.717) is 13.2 Å². The van der Waals surface area contributed by atoms with Crippen molar-refractivity contribution in [3.05, 3.63) is 0 Å². The molecule has 0 aliphatic heterocycles. The summed E-state index contributed by atoms with van der Waals surface area (Å²) >= 11 is 0. The molecule has 0 fully saturated rings. The normalized spacial score (nSPS) is 15.4. The summed E-state index contributed by atoms with van der Waals surface area (Å²) in [6.07, 6.45) is 1.02. The van der Waals surface area contributed by atoms with Gasteiger partial charge >= 0.3 is 0 Å². The Labute approximate surface area is 88.2 Å². The van der Waals surface area contributed by atoms with Crippen LogP contribution < -0.4 is 5.32 Å². The first-order valence-corrected chi connectivity index (χ1v) is 5.61.